The second kappa shape index (κ2) is 10.1. The van der Waals surface area contributed by atoms with Crippen molar-refractivity contribution in [2.24, 2.45) is 28.7 Å². The van der Waals surface area contributed by atoms with Gasteiger partial charge in [0.05, 0.1) is 18.4 Å². The molecule has 1 aliphatic heterocycles. The van der Waals surface area contributed by atoms with Crippen molar-refractivity contribution in [1.82, 2.24) is 15.5 Å². The molecule has 0 radical (unpaired) electrons. The summed E-state index contributed by atoms with van der Waals surface area (Å²) in [6.07, 6.45) is 6.60. The Labute approximate surface area is 188 Å². The number of likely N-dealkylation sites (tertiary alicyclic amines) is 1. The Morgan fingerprint density at radius 2 is 1.78 bits per heavy atom. The lowest BCUT2D eigenvalue weighted by Gasteiger charge is -2.18. The summed E-state index contributed by atoms with van der Waals surface area (Å²) >= 11 is 0. The number of nitrogens with zero attached hydrogens (tertiary/aromatic N) is 2. The topological polar surface area (TPSA) is 83.0 Å². The Kier molecular flexibility index (Phi) is 7.07. The lowest BCUT2D eigenvalue weighted by Crippen LogP contribution is -2.40. The molecule has 8 heteroatoms. The van der Waals surface area contributed by atoms with E-state index < -0.39 is 0 Å². The number of carbonyl (C=O) groups is 2. The summed E-state index contributed by atoms with van der Waals surface area (Å²) in [7, 11) is 0. The van der Waals surface area contributed by atoms with E-state index in [0.717, 1.165) is 19.4 Å². The molecule has 7 nitrogen and oxygen atoms in total. The van der Waals surface area contributed by atoms with Crippen LogP contribution in [0.3, 0.4) is 0 Å². The normalized spacial score (nSPS) is 26.1. The molecule has 2 aliphatic carbocycles. The quantitative estimate of drug-likeness (QED) is 0.191. The monoisotopic (exact) mass is 442 g/mol. The average Bonchev–Trinajstić information content (AvgIpc) is 3.47. The minimum absolute atomic E-state index is 0.0126. The van der Waals surface area contributed by atoms with Crippen LogP contribution < -0.4 is 15.4 Å². The van der Waals surface area contributed by atoms with Crippen LogP contribution in [0.4, 0.5) is 4.39 Å². The van der Waals surface area contributed by atoms with Crippen LogP contribution >= 0.6 is 0 Å². The van der Waals surface area contributed by atoms with Gasteiger partial charge in [-0.05, 0) is 55.9 Å². The number of rotatable bonds is 10. The number of imide groups is 1. The van der Waals surface area contributed by atoms with Crippen LogP contribution in [-0.2, 0) is 9.59 Å². The van der Waals surface area contributed by atoms with Crippen LogP contribution in [0.15, 0.2) is 41.4 Å². The van der Waals surface area contributed by atoms with E-state index in [2.05, 4.69) is 27.8 Å². The zero-order valence-corrected chi connectivity index (χ0v) is 18.4. The summed E-state index contributed by atoms with van der Waals surface area (Å²) in [5.41, 5.74) is 0. The molecule has 172 valence electrons. The predicted molar refractivity (Wildman–Crippen MR) is 120 cm³/mol. The molecule has 2 N–H and O–H groups in total. The van der Waals surface area contributed by atoms with Crippen molar-refractivity contribution in [2.75, 3.05) is 32.8 Å². The molecule has 4 unspecified atom stereocenters. The third-order valence-corrected chi connectivity index (χ3v) is 6.41. The Bertz CT molecular complexity index is 856. The summed E-state index contributed by atoms with van der Waals surface area (Å²) in [5.74, 6) is 1.34. The summed E-state index contributed by atoms with van der Waals surface area (Å²) in [5, 5.41) is 6.46. The van der Waals surface area contributed by atoms with Gasteiger partial charge in [-0.2, -0.15) is 0 Å². The SMILES string of the molecule is CCNC(=NCCCOc1ccc(F)cc1)NCCCN1C(=O)C2C3C=CC(C3)C2C1=O. The van der Waals surface area contributed by atoms with Crippen LogP contribution in [0.25, 0.3) is 0 Å². The van der Waals surface area contributed by atoms with Crippen molar-refractivity contribution in [3.05, 3.63) is 42.2 Å². The minimum Gasteiger partial charge on any atom is -0.494 e. The Hall–Kier alpha value is -2.90. The second-order valence-electron chi connectivity index (χ2n) is 8.52. The summed E-state index contributed by atoms with van der Waals surface area (Å²) in [6.45, 7) is 4.88. The lowest BCUT2D eigenvalue weighted by molar-refractivity contribution is -0.140. The van der Waals surface area contributed by atoms with E-state index in [1.54, 1.807) is 12.1 Å². The van der Waals surface area contributed by atoms with Crippen LogP contribution in [0.1, 0.15) is 26.2 Å². The fourth-order valence-corrected chi connectivity index (χ4v) is 4.95. The highest BCUT2D eigenvalue weighted by atomic mass is 19.1. The first-order valence-corrected chi connectivity index (χ1v) is 11.5. The first kappa shape index (κ1) is 22.3. The predicted octanol–water partition coefficient (Wildman–Crippen LogP) is 2.35. The molecular formula is C24H31FN4O3. The first-order chi connectivity index (χ1) is 15.6. The van der Waals surface area contributed by atoms with E-state index in [1.807, 2.05) is 6.92 Å². The van der Waals surface area contributed by atoms with Crippen molar-refractivity contribution in [2.45, 2.75) is 26.2 Å². The molecule has 2 fully saturated rings. The number of amides is 2. The molecule has 1 aromatic rings. The standard InChI is InChI=1S/C24H31FN4O3/c1-2-26-24(28-12-4-14-32-19-9-7-18(25)8-10-19)27-11-3-13-29-22(30)20-16-5-6-17(15-16)21(20)23(29)31/h5-10,16-17,20-21H,2-4,11-15H2,1H3,(H2,26,27,28). The molecule has 2 bridgehead atoms. The maximum Gasteiger partial charge on any atom is 0.233 e. The fraction of sp³-hybridized carbons (Fsp3) is 0.542. The Morgan fingerprint density at radius 3 is 2.44 bits per heavy atom. The highest BCUT2D eigenvalue weighted by Crippen LogP contribution is 2.52. The van der Waals surface area contributed by atoms with Crippen LogP contribution in [-0.4, -0.2) is 55.5 Å². The number of fused-ring (bicyclic) bond motifs is 5. The van der Waals surface area contributed by atoms with Crippen LogP contribution in [0.2, 0.25) is 0 Å². The van der Waals surface area contributed by atoms with Gasteiger partial charge in [-0.1, -0.05) is 12.2 Å². The van der Waals surface area contributed by atoms with E-state index >= 15 is 0 Å². The van der Waals surface area contributed by atoms with Gasteiger partial charge >= 0.3 is 0 Å². The van der Waals surface area contributed by atoms with Crippen molar-refractivity contribution in [3.8, 4) is 5.75 Å². The van der Waals surface area contributed by atoms with E-state index in [-0.39, 0.29) is 41.3 Å². The van der Waals surface area contributed by atoms with Gasteiger partial charge in [0.25, 0.3) is 0 Å². The Balaban J connectivity index is 1.16. The molecule has 4 atom stereocenters. The fourth-order valence-electron chi connectivity index (χ4n) is 4.95. The highest BCUT2D eigenvalue weighted by molar-refractivity contribution is 6.06. The molecule has 1 aromatic carbocycles. The van der Waals surface area contributed by atoms with Crippen molar-refractivity contribution < 1.29 is 18.7 Å². The number of nitrogens with one attached hydrogen (secondary N) is 2. The molecule has 2 amide bonds. The molecule has 1 saturated heterocycles. The number of hydrogen-bond acceptors (Lipinski definition) is 4. The molecule has 1 heterocycles. The van der Waals surface area contributed by atoms with Crippen LogP contribution in [0.5, 0.6) is 5.75 Å². The van der Waals surface area contributed by atoms with Gasteiger partial charge in [-0.3, -0.25) is 19.5 Å². The van der Waals surface area contributed by atoms with Gasteiger partial charge < -0.3 is 15.4 Å². The third kappa shape index (κ3) is 4.79. The van der Waals surface area contributed by atoms with Crippen molar-refractivity contribution in [1.29, 1.82) is 0 Å². The molecular weight excluding hydrogens is 411 g/mol. The highest BCUT2D eigenvalue weighted by Gasteiger charge is 2.58. The maximum absolute atomic E-state index is 12.9. The number of halogens is 1. The van der Waals surface area contributed by atoms with E-state index in [1.165, 1.54) is 17.0 Å². The number of hydrogen-bond donors (Lipinski definition) is 2. The van der Waals surface area contributed by atoms with Crippen molar-refractivity contribution in [3.63, 3.8) is 0 Å². The number of allylic oxidation sites excluding steroid dienone is 2. The molecule has 0 spiro atoms. The minimum atomic E-state index is -0.284. The van der Waals surface area contributed by atoms with E-state index in [4.69, 9.17) is 4.74 Å². The smallest absolute Gasteiger partial charge is 0.233 e. The van der Waals surface area contributed by atoms with Gasteiger partial charge in [0, 0.05) is 32.6 Å². The first-order valence-electron chi connectivity index (χ1n) is 11.5. The maximum atomic E-state index is 12.9. The molecule has 3 aliphatic rings. The molecule has 32 heavy (non-hydrogen) atoms. The van der Waals surface area contributed by atoms with Gasteiger partial charge in [0.1, 0.15) is 11.6 Å². The summed E-state index contributed by atoms with van der Waals surface area (Å²) in [4.78, 5) is 31.5. The summed E-state index contributed by atoms with van der Waals surface area (Å²) < 4.78 is 18.5. The zero-order valence-electron chi connectivity index (χ0n) is 18.4. The van der Waals surface area contributed by atoms with Crippen molar-refractivity contribution >= 4 is 17.8 Å². The van der Waals surface area contributed by atoms with Gasteiger partial charge in [-0.25, -0.2) is 4.39 Å². The average molecular weight is 443 g/mol. The lowest BCUT2D eigenvalue weighted by atomic mass is 9.85. The zero-order chi connectivity index (χ0) is 22.5. The number of carbonyl (C=O) groups excluding carboxylic acids is 2. The molecule has 0 aromatic heterocycles. The van der Waals surface area contributed by atoms with E-state index in [0.29, 0.717) is 44.4 Å². The van der Waals surface area contributed by atoms with Gasteiger partial charge in [0.2, 0.25) is 11.8 Å². The number of benzene rings is 1. The largest absolute Gasteiger partial charge is 0.494 e. The van der Waals surface area contributed by atoms with Crippen LogP contribution in [0, 0.1) is 29.5 Å². The number of aliphatic imine (C=N–C) groups is 1. The number of guanidine groups is 1. The molecule has 4 rings (SSSR count). The Morgan fingerprint density at radius 1 is 1.09 bits per heavy atom. The molecule has 1 saturated carbocycles. The number of ether oxygens (including phenoxy) is 1. The van der Waals surface area contributed by atoms with E-state index in [9.17, 15) is 14.0 Å². The van der Waals surface area contributed by atoms with Gasteiger partial charge in [0.15, 0.2) is 5.96 Å². The second-order valence-corrected chi connectivity index (χ2v) is 8.52. The third-order valence-electron chi connectivity index (χ3n) is 6.41. The van der Waals surface area contributed by atoms with Gasteiger partial charge in [-0.15, -0.1) is 0 Å². The summed E-state index contributed by atoms with van der Waals surface area (Å²) in [6, 6.07) is 5.96.